The molecule has 0 saturated carbocycles. The van der Waals surface area contributed by atoms with Crippen molar-refractivity contribution in [1.82, 2.24) is 0 Å². The molecule has 0 aliphatic rings. The van der Waals surface area contributed by atoms with Gasteiger partial charge in [-0.1, -0.05) is 94.8 Å². The Labute approximate surface area is 123 Å². The number of rotatable bonds is 7. The molecule has 108 valence electrons. The second kappa shape index (κ2) is 7.44. The van der Waals surface area contributed by atoms with Crippen LogP contribution in [0.1, 0.15) is 33.1 Å². The molecular formula is C17H32Si2. The van der Waals surface area contributed by atoms with Crippen molar-refractivity contribution < 1.29 is 0 Å². The smallest absolute Gasteiger partial charge is 0.0722 e. The molecule has 0 amide bonds. The second-order valence-electron chi connectivity index (χ2n) is 7.26. The summed E-state index contributed by atoms with van der Waals surface area (Å²) in [7, 11) is -1.86. The van der Waals surface area contributed by atoms with Gasteiger partial charge >= 0.3 is 0 Å². The van der Waals surface area contributed by atoms with Crippen molar-refractivity contribution in [1.29, 1.82) is 0 Å². The number of benzene rings is 1. The minimum Gasteiger partial charge on any atom is -0.0722 e. The highest BCUT2D eigenvalue weighted by molar-refractivity contribution is 6.98. The summed E-state index contributed by atoms with van der Waals surface area (Å²) in [6.45, 7) is 15.0. The Morgan fingerprint density at radius 3 is 2.05 bits per heavy atom. The summed E-state index contributed by atoms with van der Waals surface area (Å²) in [5, 5.41) is 2.69. The first-order valence-electron chi connectivity index (χ1n) is 7.91. The fourth-order valence-electron chi connectivity index (χ4n) is 3.36. The van der Waals surface area contributed by atoms with Crippen LogP contribution in [0.2, 0.25) is 31.4 Å². The first-order chi connectivity index (χ1) is 8.85. The van der Waals surface area contributed by atoms with Gasteiger partial charge in [0.2, 0.25) is 0 Å². The van der Waals surface area contributed by atoms with E-state index in [2.05, 4.69) is 70.4 Å². The van der Waals surface area contributed by atoms with E-state index < -0.39 is 16.9 Å². The maximum absolute atomic E-state index is 2.59. The maximum atomic E-state index is 2.59. The first kappa shape index (κ1) is 16.7. The normalized spacial score (nSPS) is 14.1. The topological polar surface area (TPSA) is 0 Å². The molecule has 1 aromatic rings. The molecule has 0 heterocycles. The van der Waals surface area contributed by atoms with Gasteiger partial charge in [-0.25, -0.2) is 0 Å². The average molecular weight is 293 g/mol. The van der Waals surface area contributed by atoms with Gasteiger partial charge in [-0.2, -0.15) is 0 Å². The summed E-state index contributed by atoms with van der Waals surface area (Å²) >= 11 is 0. The minimum atomic E-state index is -1.28. The molecule has 2 heteroatoms. The van der Waals surface area contributed by atoms with E-state index in [-0.39, 0.29) is 0 Å². The molecule has 0 aliphatic heterocycles. The zero-order valence-electron chi connectivity index (χ0n) is 13.7. The predicted octanol–water partition coefficient (Wildman–Crippen LogP) is 4.82. The Bertz CT molecular complexity index is 355. The van der Waals surface area contributed by atoms with Crippen molar-refractivity contribution >= 4 is 22.1 Å². The summed E-state index contributed by atoms with van der Waals surface area (Å²) in [5.74, 6) is 0.857. The molecule has 19 heavy (non-hydrogen) atoms. The molecule has 0 nitrogen and oxygen atoms in total. The van der Waals surface area contributed by atoms with E-state index in [0.29, 0.717) is 0 Å². The zero-order valence-corrected chi connectivity index (χ0v) is 15.9. The Balaban J connectivity index is 2.80. The summed E-state index contributed by atoms with van der Waals surface area (Å²) in [6, 6.07) is 11.3. The van der Waals surface area contributed by atoms with E-state index in [0.717, 1.165) is 11.1 Å². The third-order valence-electron chi connectivity index (χ3n) is 4.55. The quantitative estimate of drug-likeness (QED) is 0.632. The Hall–Kier alpha value is -0.346. The van der Waals surface area contributed by atoms with Gasteiger partial charge < -0.3 is 0 Å². The van der Waals surface area contributed by atoms with Gasteiger partial charge in [0.05, 0.1) is 8.07 Å². The van der Waals surface area contributed by atoms with Crippen LogP contribution in [0.25, 0.3) is 0 Å². The summed E-state index contributed by atoms with van der Waals surface area (Å²) < 4.78 is 0. The summed E-state index contributed by atoms with van der Waals surface area (Å²) in [5.41, 5.74) is 0. The third-order valence-corrected chi connectivity index (χ3v) is 15.0. The van der Waals surface area contributed by atoms with Crippen molar-refractivity contribution in [2.45, 2.75) is 64.5 Å². The Kier molecular flexibility index (Phi) is 6.54. The lowest BCUT2D eigenvalue weighted by Gasteiger charge is -2.36. The van der Waals surface area contributed by atoms with Crippen LogP contribution in [-0.2, 0) is 0 Å². The van der Waals surface area contributed by atoms with Gasteiger partial charge in [0.1, 0.15) is 0 Å². The molecule has 0 aromatic heterocycles. The van der Waals surface area contributed by atoms with Crippen LogP contribution in [0.4, 0.5) is 0 Å². The van der Waals surface area contributed by atoms with Crippen molar-refractivity contribution in [3.63, 3.8) is 0 Å². The molecule has 0 radical (unpaired) electrons. The SMILES string of the molecule is CC(C)CCCC([SiH](C)C)[Si](C)(C)c1ccccc1. The molecule has 0 aliphatic carbocycles. The minimum absolute atomic E-state index is 0.582. The average Bonchev–Trinajstić information content (AvgIpc) is 2.34. The van der Waals surface area contributed by atoms with Crippen molar-refractivity contribution in [3.8, 4) is 0 Å². The Morgan fingerprint density at radius 1 is 1.00 bits per heavy atom. The number of hydrogen-bond acceptors (Lipinski definition) is 0. The van der Waals surface area contributed by atoms with Crippen LogP contribution in [-0.4, -0.2) is 16.9 Å². The molecule has 1 unspecified atom stereocenters. The standard InChI is InChI=1S/C17H32Si2/c1-15(2)11-10-14-17(18(3)4)19(5,6)16-12-8-7-9-13-16/h7-9,12-13,15,17-18H,10-11,14H2,1-6H3. The molecule has 0 bridgehead atoms. The van der Waals surface area contributed by atoms with Crippen LogP contribution >= 0.6 is 0 Å². The van der Waals surface area contributed by atoms with Crippen LogP contribution in [0.3, 0.4) is 0 Å². The van der Waals surface area contributed by atoms with Gasteiger partial charge in [0.15, 0.2) is 0 Å². The van der Waals surface area contributed by atoms with Gasteiger partial charge in [0, 0.05) is 8.80 Å². The van der Waals surface area contributed by atoms with Gasteiger partial charge in [-0.3, -0.25) is 0 Å². The van der Waals surface area contributed by atoms with E-state index in [1.807, 2.05) is 0 Å². The van der Waals surface area contributed by atoms with E-state index in [4.69, 9.17) is 0 Å². The molecule has 0 fully saturated rings. The van der Waals surface area contributed by atoms with Crippen LogP contribution < -0.4 is 5.19 Å². The van der Waals surface area contributed by atoms with Crippen LogP contribution in [0.15, 0.2) is 30.3 Å². The molecule has 0 N–H and O–H groups in total. The van der Waals surface area contributed by atoms with Gasteiger partial charge in [-0.05, 0) is 11.1 Å². The van der Waals surface area contributed by atoms with Crippen LogP contribution in [0.5, 0.6) is 0 Å². The molecule has 1 aromatic carbocycles. The highest BCUT2D eigenvalue weighted by Crippen LogP contribution is 2.31. The molecule has 1 atom stereocenters. The van der Waals surface area contributed by atoms with Crippen molar-refractivity contribution in [2.75, 3.05) is 0 Å². The van der Waals surface area contributed by atoms with Gasteiger partial charge in [-0.15, -0.1) is 0 Å². The monoisotopic (exact) mass is 292 g/mol. The first-order valence-corrected chi connectivity index (χ1v) is 14.0. The fourth-order valence-corrected chi connectivity index (χ4v) is 13.9. The Morgan fingerprint density at radius 2 is 1.58 bits per heavy atom. The summed E-state index contributed by atoms with van der Waals surface area (Å²) in [6.07, 6.45) is 4.30. The molecule has 1 rings (SSSR count). The van der Waals surface area contributed by atoms with E-state index in [1.165, 1.54) is 19.3 Å². The van der Waals surface area contributed by atoms with Gasteiger partial charge in [0.25, 0.3) is 0 Å². The lowest BCUT2D eigenvalue weighted by Crippen LogP contribution is -2.50. The molecule has 0 saturated heterocycles. The lowest BCUT2D eigenvalue weighted by molar-refractivity contribution is 0.542. The highest BCUT2D eigenvalue weighted by Gasteiger charge is 2.35. The third kappa shape index (κ3) is 4.92. The summed E-state index contributed by atoms with van der Waals surface area (Å²) in [4.78, 5) is 0. The van der Waals surface area contributed by atoms with E-state index in [1.54, 1.807) is 5.19 Å². The maximum Gasteiger partial charge on any atom is 0.0808 e. The number of hydrogen-bond donors (Lipinski definition) is 0. The lowest BCUT2D eigenvalue weighted by atomic mass is 10.1. The largest absolute Gasteiger partial charge is 0.0808 e. The van der Waals surface area contributed by atoms with E-state index in [9.17, 15) is 0 Å². The predicted molar refractivity (Wildman–Crippen MR) is 94.9 cm³/mol. The van der Waals surface area contributed by atoms with Crippen LogP contribution in [0, 0.1) is 5.92 Å². The van der Waals surface area contributed by atoms with Crippen molar-refractivity contribution in [3.05, 3.63) is 30.3 Å². The van der Waals surface area contributed by atoms with E-state index >= 15 is 0 Å². The fraction of sp³-hybridized carbons (Fsp3) is 0.647. The molecular weight excluding hydrogens is 260 g/mol. The highest BCUT2D eigenvalue weighted by atomic mass is 28.4. The second-order valence-corrected chi connectivity index (χ2v) is 16.0. The zero-order chi connectivity index (χ0) is 14.5. The molecule has 0 spiro atoms. The van der Waals surface area contributed by atoms with Crippen molar-refractivity contribution in [2.24, 2.45) is 5.92 Å².